The molecule has 0 aliphatic carbocycles. The minimum absolute atomic E-state index is 0.139. The minimum Gasteiger partial charge on any atom is -0.481 e. The molecule has 0 unspecified atom stereocenters. The molecule has 0 saturated carbocycles. The number of aliphatic carboxylic acids is 1. The zero-order valence-electron chi connectivity index (χ0n) is 11.8. The van der Waals surface area contributed by atoms with Gasteiger partial charge in [-0.25, -0.2) is 12.7 Å². The Morgan fingerprint density at radius 2 is 1.84 bits per heavy atom. The van der Waals surface area contributed by atoms with Crippen molar-refractivity contribution in [3.8, 4) is 0 Å². The summed E-state index contributed by atoms with van der Waals surface area (Å²) in [5.41, 5.74) is -0.822. The van der Waals surface area contributed by atoms with Crippen molar-refractivity contribution in [1.29, 1.82) is 0 Å². The number of hydrogen-bond acceptors (Lipinski definition) is 4. The molecule has 1 rings (SSSR count). The summed E-state index contributed by atoms with van der Waals surface area (Å²) >= 11 is 0. The van der Waals surface area contributed by atoms with Crippen molar-refractivity contribution in [3.05, 3.63) is 0 Å². The first-order valence-electron chi connectivity index (χ1n) is 6.25. The highest BCUT2D eigenvalue weighted by atomic mass is 32.2. The lowest BCUT2D eigenvalue weighted by Gasteiger charge is -2.43. The Morgan fingerprint density at radius 1 is 1.32 bits per heavy atom. The van der Waals surface area contributed by atoms with E-state index >= 15 is 0 Å². The van der Waals surface area contributed by atoms with Gasteiger partial charge < -0.3 is 5.11 Å². The van der Waals surface area contributed by atoms with E-state index in [1.165, 1.54) is 13.8 Å². The molecule has 1 amide bonds. The molecule has 0 spiro atoms. The molecule has 0 bridgehead atoms. The number of carboxylic acids is 1. The first-order valence-corrected chi connectivity index (χ1v) is 7.69. The predicted octanol–water partition coefficient (Wildman–Crippen LogP) is 1.22. The van der Waals surface area contributed by atoms with Crippen LogP contribution in [0.5, 0.6) is 0 Å². The van der Waals surface area contributed by atoms with E-state index in [9.17, 15) is 18.0 Å². The average Bonchev–Trinajstić information content (AvgIpc) is 2.27. The van der Waals surface area contributed by atoms with Gasteiger partial charge in [0.15, 0.2) is 4.75 Å². The van der Waals surface area contributed by atoms with E-state index in [2.05, 4.69) is 0 Å². The van der Waals surface area contributed by atoms with E-state index in [1.807, 2.05) is 0 Å². The molecule has 6 nitrogen and oxygen atoms in total. The van der Waals surface area contributed by atoms with Crippen LogP contribution in [0.2, 0.25) is 0 Å². The molecule has 0 aromatic carbocycles. The molecule has 1 aliphatic rings. The molecule has 110 valence electrons. The second-order valence-corrected chi connectivity index (χ2v) is 8.45. The maximum atomic E-state index is 11.8. The molecule has 1 saturated heterocycles. The Balaban J connectivity index is 2.45. The van der Waals surface area contributed by atoms with Crippen LogP contribution in [0.3, 0.4) is 0 Å². The summed E-state index contributed by atoms with van der Waals surface area (Å²) in [6.45, 7) is 6.19. The molecular formula is C12H21NO5S. The fourth-order valence-electron chi connectivity index (χ4n) is 1.91. The molecule has 1 heterocycles. The zero-order valence-corrected chi connectivity index (χ0v) is 12.6. The fraction of sp³-hybridized carbons (Fsp3) is 0.833. The summed E-state index contributed by atoms with van der Waals surface area (Å²) in [6, 6.07) is 0. The molecular weight excluding hydrogens is 270 g/mol. The highest BCUT2D eigenvalue weighted by Gasteiger charge is 2.59. The number of carbonyl (C=O) groups is 2. The van der Waals surface area contributed by atoms with E-state index in [-0.39, 0.29) is 12.5 Å². The normalized spacial score (nSPS) is 21.1. The van der Waals surface area contributed by atoms with Gasteiger partial charge in [0.05, 0.1) is 5.41 Å². The van der Waals surface area contributed by atoms with Crippen LogP contribution < -0.4 is 0 Å². The van der Waals surface area contributed by atoms with Gasteiger partial charge in [0.1, 0.15) is 0 Å². The van der Waals surface area contributed by atoms with Gasteiger partial charge >= 0.3 is 5.97 Å². The van der Waals surface area contributed by atoms with E-state index < -0.39 is 26.2 Å². The number of carbonyl (C=O) groups excluding carboxylic acids is 1. The first kappa shape index (κ1) is 15.9. The van der Waals surface area contributed by atoms with Crippen LogP contribution in [0, 0.1) is 5.41 Å². The Kier molecular flexibility index (Phi) is 4.01. The minimum atomic E-state index is -3.51. The quantitative estimate of drug-likeness (QED) is 0.743. The number of unbranched alkanes of at least 4 members (excludes halogenated alkanes) is 1. The highest BCUT2D eigenvalue weighted by molar-refractivity contribution is 7.94. The second-order valence-electron chi connectivity index (χ2n) is 6.04. The topological polar surface area (TPSA) is 91.8 Å². The van der Waals surface area contributed by atoms with Gasteiger partial charge in [-0.1, -0.05) is 6.42 Å². The van der Waals surface area contributed by atoms with Crippen LogP contribution in [-0.4, -0.2) is 41.0 Å². The van der Waals surface area contributed by atoms with Crippen LogP contribution in [0.25, 0.3) is 0 Å². The molecule has 0 aromatic rings. The number of nitrogens with zero attached hydrogens (tertiary/aromatic N) is 1. The lowest BCUT2D eigenvalue weighted by molar-refractivity contribution is -0.147. The fourth-order valence-corrected chi connectivity index (χ4v) is 3.47. The van der Waals surface area contributed by atoms with Gasteiger partial charge in [-0.05, 0) is 40.5 Å². The third kappa shape index (κ3) is 2.61. The highest BCUT2D eigenvalue weighted by Crippen LogP contribution is 2.35. The smallest absolute Gasteiger partial charge is 0.309 e. The maximum Gasteiger partial charge on any atom is 0.309 e. The van der Waals surface area contributed by atoms with Crippen LogP contribution in [0.4, 0.5) is 0 Å². The summed E-state index contributed by atoms with van der Waals surface area (Å²) in [6.07, 6.45) is 1.50. The van der Waals surface area contributed by atoms with Crippen molar-refractivity contribution < 1.29 is 23.1 Å². The summed E-state index contributed by atoms with van der Waals surface area (Å²) < 4.78 is 23.2. The maximum absolute atomic E-state index is 11.8. The molecule has 1 aliphatic heterocycles. The third-order valence-corrected chi connectivity index (χ3v) is 6.06. The van der Waals surface area contributed by atoms with Crippen molar-refractivity contribution in [1.82, 2.24) is 4.31 Å². The summed E-state index contributed by atoms with van der Waals surface area (Å²) in [5, 5.41) is 8.94. The van der Waals surface area contributed by atoms with Crippen LogP contribution in [0.15, 0.2) is 0 Å². The van der Waals surface area contributed by atoms with Gasteiger partial charge in [0.25, 0.3) is 15.9 Å². The lowest BCUT2D eigenvalue weighted by atomic mass is 9.87. The van der Waals surface area contributed by atoms with Gasteiger partial charge in [0.2, 0.25) is 0 Å². The Labute approximate surface area is 113 Å². The van der Waals surface area contributed by atoms with Gasteiger partial charge in [-0.15, -0.1) is 0 Å². The van der Waals surface area contributed by atoms with Crippen molar-refractivity contribution in [3.63, 3.8) is 0 Å². The first-order chi connectivity index (χ1) is 8.44. The largest absolute Gasteiger partial charge is 0.481 e. The average molecular weight is 291 g/mol. The lowest BCUT2D eigenvalue weighted by Crippen LogP contribution is -2.67. The summed E-state index contributed by atoms with van der Waals surface area (Å²) in [7, 11) is -3.51. The van der Waals surface area contributed by atoms with Gasteiger partial charge in [-0.3, -0.25) is 9.59 Å². The number of amides is 1. The number of hydrogen-bond donors (Lipinski definition) is 1. The monoisotopic (exact) mass is 291 g/mol. The zero-order chi connectivity index (χ0) is 15.1. The second kappa shape index (κ2) is 4.77. The van der Waals surface area contributed by atoms with Crippen molar-refractivity contribution in [2.24, 2.45) is 5.41 Å². The predicted molar refractivity (Wildman–Crippen MR) is 70.0 cm³/mol. The Hall–Kier alpha value is -1.11. The summed E-state index contributed by atoms with van der Waals surface area (Å²) in [4.78, 5) is 22.5. The van der Waals surface area contributed by atoms with Gasteiger partial charge in [0, 0.05) is 6.54 Å². The molecule has 0 radical (unpaired) electrons. The van der Waals surface area contributed by atoms with Crippen LogP contribution >= 0.6 is 0 Å². The van der Waals surface area contributed by atoms with Crippen molar-refractivity contribution >= 4 is 21.9 Å². The van der Waals surface area contributed by atoms with E-state index in [1.54, 1.807) is 13.8 Å². The SMILES string of the molecule is CC(C)(CCCCN1C(=O)C(C)(C)S1(=O)=O)C(=O)O. The number of rotatable bonds is 6. The van der Waals surface area contributed by atoms with E-state index in [0.717, 1.165) is 4.31 Å². The van der Waals surface area contributed by atoms with Crippen LogP contribution in [0.1, 0.15) is 47.0 Å². The number of carboxylic acid groups (broad SMARTS) is 1. The van der Waals surface area contributed by atoms with Crippen molar-refractivity contribution in [2.45, 2.75) is 51.7 Å². The van der Waals surface area contributed by atoms with Crippen molar-refractivity contribution in [2.75, 3.05) is 6.54 Å². The molecule has 0 atom stereocenters. The molecule has 0 aromatic heterocycles. The third-order valence-electron chi connectivity index (χ3n) is 3.67. The Bertz CT molecular complexity index is 492. The van der Waals surface area contributed by atoms with E-state index in [4.69, 9.17) is 5.11 Å². The van der Waals surface area contributed by atoms with E-state index in [0.29, 0.717) is 19.3 Å². The molecule has 19 heavy (non-hydrogen) atoms. The van der Waals surface area contributed by atoms with Crippen LogP contribution in [-0.2, 0) is 19.6 Å². The standard InChI is InChI=1S/C12H21NO5S/c1-11(2,10(15)16)7-5-6-8-13-9(14)12(3,4)19(13,17)18/h5-8H2,1-4H3,(H,15,16). The Morgan fingerprint density at radius 3 is 2.26 bits per heavy atom. The molecule has 1 fully saturated rings. The number of sulfonamides is 1. The molecule has 7 heteroatoms. The summed E-state index contributed by atoms with van der Waals surface area (Å²) in [5.74, 6) is -1.26. The molecule has 1 N–H and O–H groups in total. The van der Waals surface area contributed by atoms with Gasteiger partial charge in [-0.2, -0.15) is 0 Å².